The lowest BCUT2D eigenvalue weighted by molar-refractivity contribution is 0.0784. The Balaban J connectivity index is 1.94. The summed E-state index contributed by atoms with van der Waals surface area (Å²) in [6.07, 6.45) is 2.44. The van der Waals surface area contributed by atoms with Crippen LogP contribution in [0.5, 0.6) is 5.75 Å². The Labute approximate surface area is 194 Å². The summed E-state index contributed by atoms with van der Waals surface area (Å²) in [5.74, 6) is -0.892. The Kier molecular flexibility index (Phi) is 7.37. The van der Waals surface area contributed by atoms with Gasteiger partial charge in [0.1, 0.15) is 17.6 Å². The summed E-state index contributed by atoms with van der Waals surface area (Å²) in [4.78, 5) is 19.0. The van der Waals surface area contributed by atoms with Crippen LogP contribution in [0.2, 0.25) is 0 Å². The number of nitrogens with two attached hydrogens (primary N) is 1. The number of carbonyl (C=O) groups is 1. The fourth-order valence-corrected chi connectivity index (χ4v) is 4.21. The summed E-state index contributed by atoms with van der Waals surface area (Å²) < 4.78 is 20.7. The molecule has 0 fully saturated rings. The van der Waals surface area contributed by atoms with Crippen LogP contribution in [0.4, 0.5) is 10.1 Å². The van der Waals surface area contributed by atoms with E-state index in [4.69, 9.17) is 21.1 Å². The quantitative estimate of drug-likeness (QED) is 0.433. The zero-order valence-corrected chi connectivity index (χ0v) is 18.9. The molecular formula is C23H22FN5O3S. The van der Waals surface area contributed by atoms with Gasteiger partial charge in [0.05, 0.1) is 30.0 Å². The van der Waals surface area contributed by atoms with Crippen LogP contribution >= 0.6 is 11.3 Å². The summed E-state index contributed by atoms with van der Waals surface area (Å²) in [5, 5.41) is 27.5. The van der Waals surface area contributed by atoms with Crippen LogP contribution in [0.3, 0.4) is 0 Å². The van der Waals surface area contributed by atoms with Crippen molar-refractivity contribution in [1.29, 1.82) is 10.7 Å². The van der Waals surface area contributed by atoms with Crippen molar-refractivity contribution in [1.82, 2.24) is 9.88 Å². The van der Waals surface area contributed by atoms with Crippen molar-refractivity contribution in [2.45, 2.75) is 20.1 Å². The molecule has 4 N–H and O–H groups in total. The number of benzene rings is 1. The number of amides is 1. The first-order valence-corrected chi connectivity index (χ1v) is 10.8. The molecule has 3 aromatic rings. The van der Waals surface area contributed by atoms with Crippen LogP contribution in [0.1, 0.15) is 39.7 Å². The zero-order valence-electron chi connectivity index (χ0n) is 18.1. The van der Waals surface area contributed by atoms with Crippen molar-refractivity contribution in [3.8, 4) is 22.3 Å². The minimum atomic E-state index is -0.636. The third-order valence-electron chi connectivity index (χ3n) is 4.95. The van der Waals surface area contributed by atoms with Gasteiger partial charge in [-0.15, -0.1) is 11.3 Å². The monoisotopic (exact) mass is 467 g/mol. The fourth-order valence-electron chi connectivity index (χ4n) is 3.32. The van der Waals surface area contributed by atoms with Crippen molar-refractivity contribution in [3.63, 3.8) is 0 Å². The summed E-state index contributed by atoms with van der Waals surface area (Å²) in [6, 6.07) is 6.21. The molecule has 2 heterocycles. The van der Waals surface area contributed by atoms with E-state index in [1.165, 1.54) is 35.5 Å². The lowest BCUT2D eigenvalue weighted by Crippen LogP contribution is -2.27. The number of carbonyl (C=O) groups excluding carboxylic acids is 1. The molecule has 33 heavy (non-hydrogen) atoms. The standard InChI is InChI=1S/C23H22FN5O3S/c1-3-32-19-6-14(5-17(24)21(19)20-4-13(7-25)12-33-20)23(31)29(2)10-15-9-28-18(11-30)16(8-26)22(15)27/h4-6,8-9,12,26,30H,3,10-11H2,1-2H3,(H2,27,28). The topological polar surface area (TPSA) is 136 Å². The second-order valence-corrected chi connectivity index (χ2v) is 8.01. The van der Waals surface area contributed by atoms with Gasteiger partial charge in [0.25, 0.3) is 5.91 Å². The van der Waals surface area contributed by atoms with Crippen LogP contribution in [0.15, 0.2) is 29.8 Å². The molecule has 8 nitrogen and oxygen atoms in total. The summed E-state index contributed by atoms with van der Waals surface area (Å²) in [5.41, 5.74) is 8.10. The largest absolute Gasteiger partial charge is 0.493 e. The number of thiophene rings is 1. The number of hydrogen-bond donors (Lipinski definition) is 3. The van der Waals surface area contributed by atoms with Crippen molar-refractivity contribution in [2.24, 2.45) is 0 Å². The molecule has 3 rings (SSSR count). The van der Waals surface area contributed by atoms with Gasteiger partial charge in [0, 0.05) is 58.6 Å². The molecule has 1 amide bonds. The van der Waals surface area contributed by atoms with E-state index >= 15 is 4.39 Å². The van der Waals surface area contributed by atoms with E-state index in [-0.39, 0.29) is 53.6 Å². The van der Waals surface area contributed by atoms with E-state index in [0.717, 1.165) is 12.3 Å². The highest BCUT2D eigenvalue weighted by atomic mass is 32.1. The Hall–Kier alpha value is -3.81. The van der Waals surface area contributed by atoms with Crippen molar-refractivity contribution < 1.29 is 19.0 Å². The van der Waals surface area contributed by atoms with Crippen LogP contribution in [0.25, 0.3) is 10.4 Å². The van der Waals surface area contributed by atoms with E-state index in [0.29, 0.717) is 16.0 Å². The van der Waals surface area contributed by atoms with E-state index in [2.05, 4.69) is 4.98 Å². The van der Waals surface area contributed by atoms with Crippen LogP contribution in [0, 0.1) is 22.6 Å². The van der Waals surface area contributed by atoms with Crippen molar-refractivity contribution in [2.75, 3.05) is 19.4 Å². The molecule has 170 valence electrons. The molecule has 0 spiro atoms. The van der Waals surface area contributed by atoms with Crippen LogP contribution in [-0.2, 0) is 13.2 Å². The number of halogens is 1. The Morgan fingerprint density at radius 1 is 1.45 bits per heavy atom. The van der Waals surface area contributed by atoms with Gasteiger partial charge in [-0.25, -0.2) is 4.39 Å². The summed E-state index contributed by atoms with van der Waals surface area (Å²) in [7, 11) is 1.54. The highest BCUT2D eigenvalue weighted by Crippen LogP contribution is 2.38. The van der Waals surface area contributed by atoms with Crippen molar-refractivity contribution >= 4 is 29.1 Å². The van der Waals surface area contributed by atoms with E-state index in [9.17, 15) is 9.90 Å². The molecule has 0 aliphatic carbocycles. The van der Waals surface area contributed by atoms with Crippen LogP contribution < -0.4 is 10.5 Å². The molecular weight excluding hydrogens is 445 g/mol. The number of pyridine rings is 1. The summed E-state index contributed by atoms with van der Waals surface area (Å²) in [6.45, 7) is 1.72. The maximum absolute atomic E-state index is 15.1. The lowest BCUT2D eigenvalue weighted by atomic mass is 10.1. The number of nitriles is 1. The number of aliphatic hydroxyl groups excluding tert-OH is 1. The smallest absolute Gasteiger partial charge is 0.254 e. The molecule has 0 radical (unpaired) electrons. The first-order valence-electron chi connectivity index (χ1n) is 9.92. The second kappa shape index (κ2) is 10.2. The molecule has 10 heteroatoms. The summed E-state index contributed by atoms with van der Waals surface area (Å²) >= 11 is 1.22. The average molecular weight is 468 g/mol. The van der Waals surface area contributed by atoms with Gasteiger partial charge in [0.2, 0.25) is 0 Å². The Morgan fingerprint density at radius 2 is 2.21 bits per heavy atom. The number of nitrogens with one attached hydrogen (secondary N) is 1. The second-order valence-electron chi connectivity index (χ2n) is 7.10. The first-order chi connectivity index (χ1) is 15.8. The van der Waals surface area contributed by atoms with Crippen molar-refractivity contribution in [3.05, 3.63) is 63.5 Å². The SMILES string of the molecule is CCOc1cc(C(=O)N(C)Cc2cnc(CO)c(C=N)c2N)cc(F)c1-c1cc(C#N)cs1. The van der Waals surface area contributed by atoms with Gasteiger partial charge in [-0.2, -0.15) is 5.26 Å². The predicted molar refractivity (Wildman–Crippen MR) is 124 cm³/mol. The zero-order chi connectivity index (χ0) is 24.1. The number of aromatic nitrogens is 1. The Morgan fingerprint density at radius 3 is 2.82 bits per heavy atom. The molecule has 0 aliphatic rings. The van der Waals surface area contributed by atoms with Crippen LogP contribution in [-0.4, -0.2) is 40.8 Å². The third kappa shape index (κ3) is 4.84. The highest BCUT2D eigenvalue weighted by molar-refractivity contribution is 7.13. The van der Waals surface area contributed by atoms with Gasteiger partial charge in [-0.05, 0) is 25.1 Å². The van der Waals surface area contributed by atoms with Gasteiger partial charge < -0.3 is 25.9 Å². The predicted octanol–water partition coefficient (Wildman–Crippen LogP) is 3.56. The molecule has 0 atom stereocenters. The van der Waals surface area contributed by atoms with E-state index in [1.807, 2.05) is 6.07 Å². The number of aliphatic hydroxyl groups is 1. The number of nitrogen functional groups attached to an aromatic ring is 1. The lowest BCUT2D eigenvalue weighted by Gasteiger charge is -2.20. The van der Waals surface area contributed by atoms with E-state index in [1.54, 1.807) is 18.4 Å². The number of ether oxygens (including phenoxy) is 1. The molecule has 2 aromatic heterocycles. The van der Waals surface area contributed by atoms with Gasteiger partial charge >= 0.3 is 0 Å². The molecule has 0 bridgehead atoms. The normalized spacial score (nSPS) is 10.5. The first kappa shape index (κ1) is 23.8. The fraction of sp³-hybridized carbons (Fsp3) is 0.217. The minimum absolute atomic E-state index is 0.0635. The molecule has 1 aromatic carbocycles. The number of anilines is 1. The molecule has 0 unspecified atom stereocenters. The molecule has 0 aliphatic heterocycles. The van der Waals surface area contributed by atoms with Gasteiger partial charge in [-0.3, -0.25) is 9.78 Å². The van der Waals surface area contributed by atoms with E-state index < -0.39 is 11.7 Å². The molecule has 0 saturated heterocycles. The number of hydrogen-bond acceptors (Lipinski definition) is 8. The minimum Gasteiger partial charge on any atom is -0.493 e. The molecule has 0 saturated carbocycles. The third-order valence-corrected chi connectivity index (χ3v) is 5.90. The maximum atomic E-state index is 15.1. The average Bonchev–Trinajstić information content (AvgIpc) is 3.28. The number of rotatable bonds is 8. The van der Waals surface area contributed by atoms with Gasteiger partial charge in [-0.1, -0.05) is 0 Å². The Bertz CT molecular complexity index is 1250. The maximum Gasteiger partial charge on any atom is 0.254 e. The van der Waals surface area contributed by atoms with Gasteiger partial charge in [0.15, 0.2) is 0 Å². The number of nitrogens with zero attached hydrogens (tertiary/aromatic N) is 3. The highest BCUT2D eigenvalue weighted by Gasteiger charge is 2.22.